The Labute approximate surface area is 129 Å². The molecule has 2 N–H and O–H groups in total. The summed E-state index contributed by atoms with van der Waals surface area (Å²) in [5, 5.41) is 0. The monoisotopic (exact) mass is 294 g/mol. The van der Waals surface area contributed by atoms with Gasteiger partial charge in [-0.3, -0.25) is 4.90 Å². The molecular formula is C17H30N2S. The van der Waals surface area contributed by atoms with E-state index in [0.717, 1.165) is 12.2 Å². The Morgan fingerprint density at radius 2 is 1.75 bits per heavy atom. The predicted molar refractivity (Wildman–Crippen MR) is 92.4 cm³/mol. The van der Waals surface area contributed by atoms with E-state index in [4.69, 9.17) is 5.73 Å². The van der Waals surface area contributed by atoms with Crippen LogP contribution >= 0.6 is 11.8 Å². The number of thioether (sulfide) groups is 1. The van der Waals surface area contributed by atoms with Gasteiger partial charge in [0.15, 0.2) is 0 Å². The lowest BCUT2D eigenvalue weighted by Crippen LogP contribution is -2.38. The van der Waals surface area contributed by atoms with Gasteiger partial charge in [0, 0.05) is 24.4 Å². The average molecular weight is 295 g/mol. The Morgan fingerprint density at radius 1 is 1.15 bits per heavy atom. The van der Waals surface area contributed by atoms with Crippen LogP contribution in [0.1, 0.15) is 37.9 Å². The third-order valence-corrected chi connectivity index (χ3v) is 4.64. The first kappa shape index (κ1) is 17.5. The van der Waals surface area contributed by atoms with Crippen LogP contribution in [0.2, 0.25) is 0 Å². The van der Waals surface area contributed by atoms with E-state index in [-0.39, 0.29) is 0 Å². The second kappa shape index (κ2) is 8.71. The molecule has 0 bridgehead atoms. The molecule has 0 fully saturated rings. The third-order valence-electron chi connectivity index (χ3n) is 3.83. The average Bonchev–Trinajstić information content (AvgIpc) is 2.41. The first-order valence-electron chi connectivity index (χ1n) is 7.49. The number of rotatable bonds is 8. The Bertz CT molecular complexity index is 375. The molecule has 2 unspecified atom stereocenters. The summed E-state index contributed by atoms with van der Waals surface area (Å²) >= 11 is 1.89. The molecular weight excluding hydrogens is 264 g/mol. The lowest BCUT2D eigenvalue weighted by Gasteiger charge is -2.32. The summed E-state index contributed by atoms with van der Waals surface area (Å²) in [6.45, 7) is 7.45. The van der Waals surface area contributed by atoms with Gasteiger partial charge in [-0.15, -0.1) is 0 Å². The highest BCUT2D eigenvalue weighted by atomic mass is 32.2. The fourth-order valence-corrected chi connectivity index (χ4v) is 3.27. The standard InChI is InChI=1S/C17H30N2S/c1-13(2)10-15-6-8-16(9-7-15)17(11-18)19(4)14(3)12-20-5/h6-9,13-14,17H,10-12,18H2,1-5H3. The van der Waals surface area contributed by atoms with E-state index in [1.54, 1.807) is 0 Å². The van der Waals surface area contributed by atoms with Gasteiger partial charge in [0.2, 0.25) is 0 Å². The number of hydrogen-bond acceptors (Lipinski definition) is 3. The largest absolute Gasteiger partial charge is 0.329 e. The molecule has 3 heteroatoms. The van der Waals surface area contributed by atoms with Gasteiger partial charge in [-0.25, -0.2) is 0 Å². The van der Waals surface area contributed by atoms with E-state index in [9.17, 15) is 0 Å². The SMILES string of the molecule is CSCC(C)N(C)C(CN)c1ccc(CC(C)C)cc1. The molecule has 0 heterocycles. The van der Waals surface area contributed by atoms with Crippen LogP contribution in [0.15, 0.2) is 24.3 Å². The zero-order chi connectivity index (χ0) is 15.1. The van der Waals surface area contributed by atoms with Crippen molar-refractivity contribution in [2.24, 2.45) is 11.7 Å². The highest BCUT2D eigenvalue weighted by Gasteiger charge is 2.19. The van der Waals surface area contributed by atoms with Crippen molar-refractivity contribution in [1.29, 1.82) is 0 Å². The molecule has 0 aliphatic rings. The van der Waals surface area contributed by atoms with E-state index in [1.807, 2.05) is 11.8 Å². The van der Waals surface area contributed by atoms with Crippen LogP contribution in [0.25, 0.3) is 0 Å². The molecule has 0 aromatic heterocycles. The van der Waals surface area contributed by atoms with Crippen LogP contribution in [0.4, 0.5) is 0 Å². The van der Waals surface area contributed by atoms with Crippen molar-refractivity contribution in [3.8, 4) is 0 Å². The predicted octanol–water partition coefficient (Wildman–Crippen LogP) is 3.57. The van der Waals surface area contributed by atoms with Gasteiger partial charge in [0.05, 0.1) is 0 Å². The van der Waals surface area contributed by atoms with E-state index in [0.29, 0.717) is 24.5 Å². The topological polar surface area (TPSA) is 29.3 Å². The summed E-state index contributed by atoms with van der Waals surface area (Å²) in [6.07, 6.45) is 3.30. The van der Waals surface area contributed by atoms with Gasteiger partial charge in [0.25, 0.3) is 0 Å². The van der Waals surface area contributed by atoms with Crippen molar-refractivity contribution in [2.75, 3.05) is 25.6 Å². The normalized spacial score (nSPS) is 14.8. The maximum absolute atomic E-state index is 6.01. The van der Waals surface area contributed by atoms with E-state index in [2.05, 4.69) is 63.2 Å². The molecule has 0 aliphatic carbocycles. The van der Waals surface area contributed by atoms with Crippen molar-refractivity contribution in [1.82, 2.24) is 4.90 Å². The van der Waals surface area contributed by atoms with Crippen LogP contribution < -0.4 is 5.73 Å². The Morgan fingerprint density at radius 3 is 2.20 bits per heavy atom. The molecule has 2 nitrogen and oxygen atoms in total. The zero-order valence-electron chi connectivity index (χ0n) is 13.6. The van der Waals surface area contributed by atoms with Crippen molar-refractivity contribution >= 4 is 11.8 Å². The highest BCUT2D eigenvalue weighted by molar-refractivity contribution is 7.98. The minimum absolute atomic E-state index is 0.310. The van der Waals surface area contributed by atoms with Crippen molar-refractivity contribution < 1.29 is 0 Å². The lowest BCUT2D eigenvalue weighted by atomic mass is 9.98. The van der Waals surface area contributed by atoms with Crippen molar-refractivity contribution in [3.63, 3.8) is 0 Å². The Kier molecular flexibility index (Phi) is 7.63. The zero-order valence-corrected chi connectivity index (χ0v) is 14.4. The summed E-state index contributed by atoms with van der Waals surface area (Å²) in [5.41, 5.74) is 8.76. The van der Waals surface area contributed by atoms with Crippen LogP contribution in [0, 0.1) is 5.92 Å². The molecule has 0 radical (unpaired) electrons. The van der Waals surface area contributed by atoms with Gasteiger partial charge < -0.3 is 5.73 Å². The van der Waals surface area contributed by atoms with E-state index < -0.39 is 0 Å². The van der Waals surface area contributed by atoms with E-state index >= 15 is 0 Å². The van der Waals surface area contributed by atoms with Gasteiger partial charge in [-0.05, 0) is 43.7 Å². The van der Waals surface area contributed by atoms with E-state index in [1.165, 1.54) is 11.1 Å². The number of likely N-dealkylation sites (N-methyl/N-ethyl adjacent to an activating group) is 1. The second-order valence-corrected chi connectivity index (χ2v) is 6.97. The minimum atomic E-state index is 0.310. The molecule has 0 aliphatic heterocycles. The maximum atomic E-state index is 6.01. The molecule has 1 aromatic rings. The maximum Gasteiger partial charge on any atom is 0.0470 e. The molecule has 20 heavy (non-hydrogen) atoms. The van der Waals surface area contributed by atoms with Gasteiger partial charge >= 0.3 is 0 Å². The highest BCUT2D eigenvalue weighted by Crippen LogP contribution is 2.22. The smallest absolute Gasteiger partial charge is 0.0470 e. The van der Waals surface area contributed by atoms with Crippen molar-refractivity contribution in [3.05, 3.63) is 35.4 Å². The summed E-state index contributed by atoms with van der Waals surface area (Å²) in [7, 11) is 2.18. The summed E-state index contributed by atoms with van der Waals surface area (Å²) in [6, 6.07) is 9.85. The Balaban J connectivity index is 2.79. The van der Waals surface area contributed by atoms with Gasteiger partial charge in [-0.1, -0.05) is 38.1 Å². The summed E-state index contributed by atoms with van der Waals surface area (Å²) in [5.74, 6) is 1.84. The fourth-order valence-electron chi connectivity index (χ4n) is 2.55. The second-order valence-electron chi connectivity index (χ2n) is 6.06. The number of benzene rings is 1. The minimum Gasteiger partial charge on any atom is -0.329 e. The molecule has 0 spiro atoms. The molecule has 0 amide bonds. The molecule has 0 saturated heterocycles. The summed E-state index contributed by atoms with van der Waals surface area (Å²) < 4.78 is 0. The number of hydrogen-bond donors (Lipinski definition) is 1. The van der Waals surface area contributed by atoms with Crippen molar-refractivity contribution in [2.45, 2.75) is 39.3 Å². The molecule has 114 valence electrons. The number of nitrogens with two attached hydrogens (primary N) is 1. The van der Waals surface area contributed by atoms with Gasteiger partial charge in [0.1, 0.15) is 0 Å². The Hall–Kier alpha value is -0.510. The summed E-state index contributed by atoms with van der Waals surface area (Å²) in [4.78, 5) is 2.40. The van der Waals surface area contributed by atoms with Crippen LogP contribution in [-0.4, -0.2) is 36.5 Å². The lowest BCUT2D eigenvalue weighted by molar-refractivity contribution is 0.204. The first-order chi connectivity index (χ1) is 9.49. The van der Waals surface area contributed by atoms with Crippen LogP contribution in [0.5, 0.6) is 0 Å². The quantitative estimate of drug-likeness (QED) is 0.795. The third kappa shape index (κ3) is 5.12. The molecule has 1 rings (SSSR count). The molecule has 2 atom stereocenters. The first-order valence-corrected chi connectivity index (χ1v) is 8.88. The number of nitrogens with zero attached hydrogens (tertiary/aromatic N) is 1. The van der Waals surface area contributed by atoms with Crippen LogP contribution in [0.3, 0.4) is 0 Å². The van der Waals surface area contributed by atoms with Crippen LogP contribution in [-0.2, 0) is 6.42 Å². The fraction of sp³-hybridized carbons (Fsp3) is 0.647. The molecule has 1 aromatic carbocycles. The van der Waals surface area contributed by atoms with Gasteiger partial charge in [-0.2, -0.15) is 11.8 Å². The molecule has 0 saturated carbocycles.